The second-order valence-corrected chi connectivity index (χ2v) is 5.61. The molecule has 0 spiro atoms. The SMILES string of the molecule is NCCCCCCN1C2CCCC1CCC2. The monoisotopic (exact) mass is 224 g/mol. The lowest BCUT2D eigenvalue weighted by molar-refractivity contribution is 0.0390. The van der Waals surface area contributed by atoms with Crippen molar-refractivity contribution in [3.05, 3.63) is 0 Å². The van der Waals surface area contributed by atoms with Crippen LogP contribution in [0.4, 0.5) is 0 Å². The molecule has 2 rings (SSSR count). The predicted molar refractivity (Wildman–Crippen MR) is 69.5 cm³/mol. The summed E-state index contributed by atoms with van der Waals surface area (Å²) >= 11 is 0. The van der Waals surface area contributed by atoms with Gasteiger partial charge in [-0.1, -0.05) is 25.7 Å². The molecule has 2 bridgehead atoms. The van der Waals surface area contributed by atoms with E-state index >= 15 is 0 Å². The van der Waals surface area contributed by atoms with Gasteiger partial charge < -0.3 is 5.73 Å². The van der Waals surface area contributed by atoms with Gasteiger partial charge in [0.15, 0.2) is 0 Å². The molecule has 2 aliphatic rings. The average molecular weight is 224 g/mol. The first-order valence-corrected chi connectivity index (χ1v) is 7.37. The number of nitrogens with zero attached hydrogens (tertiary/aromatic N) is 1. The first kappa shape index (κ1) is 12.4. The summed E-state index contributed by atoms with van der Waals surface area (Å²) in [6.45, 7) is 2.23. The summed E-state index contributed by atoms with van der Waals surface area (Å²) in [6.07, 6.45) is 14.2. The molecule has 0 atom stereocenters. The minimum absolute atomic E-state index is 0.870. The lowest BCUT2D eigenvalue weighted by atomic mass is 9.84. The normalized spacial score (nSPS) is 30.6. The molecule has 0 unspecified atom stereocenters. The Morgan fingerprint density at radius 3 is 1.94 bits per heavy atom. The van der Waals surface area contributed by atoms with Crippen LogP contribution in [-0.4, -0.2) is 30.1 Å². The van der Waals surface area contributed by atoms with Crippen LogP contribution in [0.25, 0.3) is 0 Å². The molecule has 2 heteroatoms. The summed E-state index contributed by atoms with van der Waals surface area (Å²) in [5, 5.41) is 0. The molecule has 2 N–H and O–H groups in total. The van der Waals surface area contributed by atoms with Crippen molar-refractivity contribution in [1.82, 2.24) is 4.90 Å². The van der Waals surface area contributed by atoms with Crippen molar-refractivity contribution < 1.29 is 0 Å². The first-order chi connectivity index (χ1) is 7.92. The number of piperidine rings is 2. The third kappa shape index (κ3) is 3.21. The van der Waals surface area contributed by atoms with Crippen LogP contribution < -0.4 is 5.73 Å². The summed E-state index contributed by atoms with van der Waals surface area (Å²) in [7, 11) is 0. The van der Waals surface area contributed by atoms with Gasteiger partial charge in [0.2, 0.25) is 0 Å². The van der Waals surface area contributed by atoms with Gasteiger partial charge in [-0.25, -0.2) is 0 Å². The maximum absolute atomic E-state index is 5.52. The Bertz CT molecular complexity index is 171. The van der Waals surface area contributed by atoms with Crippen molar-refractivity contribution in [3.63, 3.8) is 0 Å². The summed E-state index contributed by atoms with van der Waals surface area (Å²) < 4.78 is 0. The fourth-order valence-corrected chi connectivity index (χ4v) is 3.59. The Labute approximate surface area is 101 Å². The topological polar surface area (TPSA) is 29.3 Å². The Hall–Kier alpha value is -0.0800. The molecule has 0 amide bonds. The number of rotatable bonds is 6. The van der Waals surface area contributed by atoms with Crippen molar-refractivity contribution >= 4 is 0 Å². The van der Waals surface area contributed by atoms with Crippen molar-refractivity contribution in [2.45, 2.75) is 76.3 Å². The van der Waals surface area contributed by atoms with E-state index in [1.54, 1.807) is 0 Å². The lowest BCUT2D eigenvalue weighted by Gasteiger charge is -2.46. The van der Waals surface area contributed by atoms with Gasteiger partial charge in [-0.3, -0.25) is 4.90 Å². The van der Waals surface area contributed by atoms with E-state index in [2.05, 4.69) is 4.90 Å². The van der Waals surface area contributed by atoms with Crippen molar-refractivity contribution in [2.75, 3.05) is 13.1 Å². The molecule has 2 heterocycles. The molecule has 0 aliphatic carbocycles. The highest BCUT2D eigenvalue weighted by Crippen LogP contribution is 2.33. The van der Waals surface area contributed by atoms with E-state index in [0.717, 1.165) is 18.6 Å². The highest BCUT2D eigenvalue weighted by molar-refractivity contribution is 4.88. The minimum atomic E-state index is 0.870. The molecule has 0 aromatic carbocycles. The Morgan fingerprint density at radius 2 is 1.38 bits per heavy atom. The van der Waals surface area contributed by atoms with Crippen LogP contribution >= 0.6 is 0 Å². The summed E-state index contributed by atoms with van der Waals surface area (Å²) in [6, 6.07) is 1.89. The Kier molecular flexibility index (Phi) is 5.11. The minimum Gasteiger partial charge on any atom is -0.330 e. The van der Waals surface area contributed by atoms with Gasteiger partial charge >= 0.3 is 0 Å². The smallest absolute Gasteiger partial charge is 0.00982 e. The second-order valence-electron chi connectivity index (χ2n) is 5.61. The van der Waals surface area contributed by atoms with Gasteiger partial charge in [0.05, 0.1) is 0 Å². The van der Waals surface area contributed by atoms with Gasteiger partial charge in [0, 0.05) is 12.1 Å². The average Bonchev–Trinajstić information content (AvgIpc) is 2.28. The van der Waals surface area contributed by atoms with Gasteiger partial charge in [-0.15, -0.1) is 0 Å². The summed E-state index contributed by atoms with van der Waals surface area (Å²) in [5.41, 5.74) is 5.52. The quantitative estimate of drug-likeness (QED) is 0.703. The number of hydrogen-bond donors (Lipinski definition) is 1. The van der Waals surface area contributed by atoms with Crippen molar-refractivity contribution in [3.8, 4) is 0 Å². The van der Waals surface area contributed by atoms with Gasteiger partial charge in [-0.05, 0) is 51.6 Å². The number of unbranched alkanes of at least 4 members (excludes halogenated alkanes) is 3. The van der Waals surface area contributed by atoms with Gasteiger partial charge in [0.1, 0.15) is 0 Å². The van der Waals surface area contributed by atoms with E-state index in [0.29, 0.717) is 0 Å². The molecule has 0 aromatic rings. The zero-order valence-corrected chi connectivity index (χ0v) is 10.7. The molecule has 2 saturated heterocycles. The summed E-state index contributed by atoms with van der Waals surface area (Å²) in [4.78, 5) is 2.84. The molecule has 2 aliphatic heterocycles. The first-order valence-electron chi connectivity index (χ1n) is 7.37. The molecule has 0 saturated carbocycles. The van der Waals surface area contributed by atoms with Crippen LogP contribution in [-0.2, 0) is 0 Å². The van der Waals surface area contributed by atoms with E-state index in [-0.39, 0.29) is 0 Å². The molecular weight excluding hydrogens is 196 g/mol. The van der Waals surface area contributed by atoms with Crippen LogP contribution in [0.5, 0.6) is 0 Å². The highest BCUT2D eigenvalue weighted by atomic mass is 15.2. The highest BCUT2D eigenvalue weighted by Gasteiger charge is 2.32. The largest absolute Gasteiger partial charge is 0.330 e. The second kappa shape index (κ2) is 6.61. The lowest BCUT2D eigenvalue weighted by Crippen LogP contribution is -2.49. The Morgan fingerprint density at radius 1 is 0.812 bits per heavy atom. The summed E-state index contributed by atoms with van der Waals surface area (Å²) in [5.74, 6) is 0. The third-order valence-electron chi connectivity index (χ3n) is 4.46. The zero-order chi connectivity index (χ0) is 11.2. The van der Waals surface area contributed by atoms with Crippen LogP contribution in [0.1, 0.15) is 64.2 Å². The molecule has 94 valence electrons. The predicted octanol–water partition coefficient (Wildman–Crippen LogP) is 2.91. The maximum atomic E-state index is 5.52. The molecule has 2 nitrogen and oxygen atoms in total. The fraction of sp³-hybridized carbons (Fsp3) is 1.00. The fourth-order valence-electron chi connectivity index (χ4n) is 3.59. The number of nitrogens with two attached hydrogens (primary N) is 1. The maximum Gasteiger partial charge on any atom is 0.00982 e. The van der Waals surface area contributed by atoms with E-state index < -0.39 is 0 Å². The van der Waals surface area contributed by atoms with Gasteiger partial charge in [0.25, 0.3) is 0 Å². The van der Waals surface area contributed by atoms with Crippen LogP contribution in [0, 0.1) is 0 Å². The van der Waals surface area contributed by atoms with Crippen molar-refractivity contribution in [2.24, 2.45) is 5.73 Å². The van der Waals surface area contributed by atoms with Gasteiger partial charge in [-0.2, -0.15) is 0 Å². The van der Waals surface area contributed by atoms with E-state index in [9.17, 15) is 0 Å². The molecule has 0 aromatic heterocycles. The standard InChI is InChI=1S/C14H28N2/c15-11-3-1-2-4-12-16-13-7-5-8-14(16)10-6-9-13/h13-14H,1-12,15H2. The van der Waals surface area contributed by atoms with E-state index in [1.807, 2.05) is 0 Å². The molecule has 0 radical (unpaired) electrons. The van der Waals surface area contributed by atoms with Crippen LogP contribution in [0.15, 0.2) is 0 Å². The number of fused-ring (bicyclic) bond motifs is 2. The van der Waals surface area contributed by atoms with Crippen molar-refractivity contribution in [1.29, 1.82) is 0 Å². The number of hydrogen-bond acceptors (Lipinski definition) is 2. The zero-order valence-electron chi connectivity index (χ0n) is 10.7. The third-order valence-corrected chi connectivity index (χ3v) is 4.46. The molecule has 16 heavy (non-hydrogen) atoms. The van der Waals surface area contributed by atoms with E-state index in [4.69, 9.17) is 5.73 Å². The molecule has 2 fully saturated rings. The Balaban J connectivity index is 1.67. The molecular formula is C14H28N2. The van der Waals surface area contributed by atoms with E-state index in [1.165, 1.54) is 70.8 Å². The van der Waals surface area contributed by atoms with Crippen LogP contribution in [0.2, 0.25) is 0 Å². The van der Waals surface area contributed by atoms with Crippen LogP contribution in [0.3, 0.4) is 0 Å².